The topological polar surface area (TPSA) is 82.0 Å². The van der Waals surface area contributed by atoms with Crippen molar-refractivity contribution in [2.45, 2.75) is 39.2 Å². The Bertz CT molecular complexity index is 875. The molecule has 1 aliphatic carbocycles. The Hall–Kier alpha value is -3.13. The number of anilines is 1. The molecule has 2 amide bonds. The van der Waals surface area contributed by atoms with Gasteiger partial charge in [-0.2, -0.15) is 5.26 Å². The third-order valence-corrected chi connectivity index (χ3v) is 5.46. The highest BCUT2D eigenvalue weighted by Gasteiger charge is 2.29. The molecule has 1 aliphatic rings. The Balaban J connectivity index is 1.45. The van der Waals surface area contributed by atoms with Crippen LogP contribution in [-0.2, 0) is 16.1 Å². The summed E-state index contributed by atoms with van der Waals surface area (Å²) in [5.74, 6) is -0.0308. The van der Waals surface area contributed by atoms with Crippen molar-refractivity contribution in [2.24, 2.45) is 11.8 Å². The van der Waals surface area contributed by atoms with Crippen molar-refractivity contribution in [3.63, 3.8) is 0 Å². The van der Waals surface area contributed by atoms with E-state index in [1.54, 1.807) is 24.3 Å². The van der Waals surface area contributed by atoms with Gasteiger partial charge in [-0.15, -0.1) is 0 Å². The van der Waals surface area contributed by atoms with Gasteiger partial charge in [0.15, 0.2) is 0 Å². The number of carbonyl (C=O) groups excluding carboxylic acids is 2. The summed E-state index contributed by atoms with van der Waals surface area (Å²) in [6.07, 6.45) is 2.88. The number of nitrogens with zero attached hydrogens (tertiary/aromatic N) is 1. The fourth-order valence-corrected chi connectivity index (χ4v) is 3.63. The van der Waals surface area contributed by atoms with Crippen molar-refractivity contribution in [1.82, 2.24) is 5.32 Å². The second-order valence-electron chi connectivity index (χ2n) is 7.37. The summed E-state index contributed by atoms with van der Waals surface area (Å²) in [5.41, 5.74) is 3.56. The molecule has 28 heavy (non-hydrogen) atoms. The first-order chi connectivity index (χ1) is 13.6. The first kappa shape index (κ1) is 19.6. The van der Waals surface area contributed by atoms with Crippen molar-refractivity contribution in [3.05, 3.63) is 65.2 Å². The van der Waals surface area contributed by atoms with Crippen molar-refractivity contribution in [2.75, 3.05) is 5.32 Å². The Labute approximate surface area is 165 Å². The number of carbonyl (C=O) groups is 2. The molecular weight excluding hydrogens is 350 g/mol. The van der Waals surface area contributed by atoms with Crippen molar-refractivity contribution in [1.29, 1.82) is 5.26 Å². The monoisotopic (exact) mass is 375 g/mol. The SMILES string of the molecule is Cc1ccccc1CNC(=O)C1CCC(C(=O)Nc2ccc(C#N)cc2)CC1. The van der Waals surface area contributed by atoms with E-state index in [0.29, 0.717) is 30.6 Å². The van der Waals surface area contributed by atoms with E-state index in [0.717, 1.165) is 18.4 Å². The van der Waals surface area contributed by atoms with Crippen LogP contribution in [0.1, 0.15) is 42.4 Å². The van der Waals surface area contributed by atoms with Gasteiger partial charge in [-0.3, -0.25) is 9.59 Å². The van der Waals surface area contributed by atoms with E-state index in [-0.39, 0.29) is 23.7 Å². The largest absolute Gasteiger partial charge is 0.352 e. The summed E-state index contributed by atoms with van der Waals surface area (Å²) in [6.45, 7) is 2.59. The average molecular weight is 375 g/mol. The van der Waals surface area contributed by atoms with Gasteiger partial charge in [-0.05, 0) is 68.0 Å². The fourth-order valence-electron chi connectivity index (χ4n) is 3.63. The number of amides is 2. The van der Waals surface area contributed by atoms with Crippen LogP contribution in [0.25, 0.3) is 0 Å². The molecule has 0 bridgehead atoms. The van der Waals surface area contributed by atoms with Gasteiger partial charge >= 0.3 is 0 Å². The smallest absolute Gasteiger partial charge is 0.227 e. The molecule has 0 aliphatic heterocycles. The number of aryl methyl sites for hydroxylation is 1. The second kappa shape index (κ2) is 9.18. The van der Waals surface area contributed by atoms with E-state index >= 15 is 0 Å². The molecule has 2 aromatic carbocycles. The van der Waals surface area contributed by atoms with Crippen LogP contribution >= 0.6 is 0 Å². The number of nitrogens with one attached hydrogen (secondary N) is 2. The van der Waals surface area contributed by atoms with E-state index < -0.39 is 0 Å². The average Bonchev–Trinajstić information content (AvgIpc) is 2.73. The Morgan fingerprint density at radius 3 is 2.18 bits per heavy atom. The molecule has 0 heterocycles. The number of benzene rings is 2. The number of hydrogen-bond acceptors (Lipinski definition) is 3. The van der Waals surface area contributed by atoms with E-state index in [9.17, 15) is 9.59 Å². The van der Waals surface area contributed by atoms with Crippen LogP contribution < -0.4 is 10.6 Å². The van der Waals surface area contributed by atoms with Crippen LogP contribution in [-0.4, -0.2) is 11.8 Å². The van der Waals surface area contributed by atoms with Crippen LogP contribution in [0, 0.1) is 30.1 Å². The lowest BCUT2D eigenvalue weighted by molar-refractivity contribution is -0.128. The molecule has 0 atom stereocenters. The lowest BCUT2D eigenvalue weighted by atomic mass is 9.81. The van der Waals surface area contributed by atoms with Gasteiger partial charge in [0, 0.05) is 24.1 Å². The highest BCUT2D eigenvalue weighted by atomic mass is 16.2. The number of hydrogen-bond donors (Lipinski definition) is 2. The van der Waals surface area contributed by atoms with Gasteiger partial charge in [-0.1, -0.05) is 24.3 Å². The van der Waals surface area contributed by atoms with Crippen LogP contribution in [0.2, 0.25) is 0 Å². The van der Waals surface area contributed by atoms with Crippen LogP contribution in [0.15, 0.2) is 48.5 Å². The van der Waals surface area contributed by atoms with Gasteiger partial charge in [0.25, 0.3) is 0 Å². The molecule has 0 spiro atoms. The zero-order chi connectivity index (χ0) is 19.9. The highest BCUT2D eigenvalue weighted by Crippen LogP contribution is 2.30. The maximum absolute atomic E-state index is 12.5. The predicted molar refractivity (Wildman–Crippen MR) is 108 cm³/mol. The maximum Gasteiger partial charge on any atom is 0.227 e. The quantitative estimate of drug-likeness (QED) is 0.831. The minimum Gasteiger partial charge on any atom is -0.352 e. The maximum atomic E-state index is 12.5. The molecule has 0 aromatic heterocycles. The second-order valence-corrected chi connectivity index (χ2v) is 7.37. The Morgan fingerprint density at radius 1 is 0.964 bits per heavy atom. The summed E-state index contributed by atoms with van der Waals surface area (Å²) in [6, 6.07) is 16.9. The molecule has 0 unspecified atom stereocenters. The first-order valence-corrected chi connectivity index (χ1v) is 9.70. The summed E-state index contributed by atoms with van der Waals surface area (Å²) in [7, 11) is 0. The zero-order valence-corrected chi connectivity index (χ0v) is 16.1. The third-order valence-electron chi connectivity index (χ3n) is 5.46. The molecule has 2 aromatic rings. The lowest BCUT2D eigenvalue weighted by Crippen LogP contribution is -2.35. The molecule has 0 saturated heterocycles. The van der Waals surface area contributed by atoms with Gasteiger partial charge in [0.05, 0.1) is 11.6 Å². The first-order valence-electron chi connectivity index (χ1n) is 9.70. The number of rotatable bonds is 5. The van der Waals surface area contributed by atoms with Crippen molar-refractivity contribution >= 4 is 17.5 Å². The minimum atomic E-state index is -0.0731. The summed E-state index contributed by atoms with van der Waals surface area (Å²) in [5, 5.41) is 14.8. The van der Waals surface area contributed by atoms with Gasteiger partial charge in [-0.25, -0.2) is 0 Å². The standard InChI is InChI=1S/C23H25N3O2/c1-16-4-2-3-5-20(16)15-25-22(27)18-8-10-19(11-9-18)23(28)26-21-12-6-17(14-24)7-13-21/h2-7,12-13,18-19H,8-11,15H2,1H3,(H,25,27)(H,26,28). The normalized spacial score (nSPS) is 18.7. The molecular formula is C23H25N3O2. The lowest BCUT2D eigenvalue weighted by Gasteiger charge is -2.27. The van der Waals surface area contributed by atoms with Crippen LogP contribution in [0.5, 0.6) is 0 Å². The molecule has 1 saturated carbocycles. The molecule has 0 radical (unpaired) electrons. The molecule has 5 heteroatoms. The Morgan fingerprint density at radius 2 is 1.57 bits per heavy atom. The summed E-state index contributed by atoms with van der Waals surface area (Å²) >= 11 is 0. The van der Waals surface area contributed by atoms with Gasteiger partial charge in [0.1, 0.15) is 0 Å². The Kier molecular flexibility index (Phi) is 6.44. The van der Waals surface area contributed by atoms with E-state index in [1.165, 1.54) is 5.56 Å². The van der Waals surface area contributed by atoms with Gasteiger partial charge < -0.3 is 10.6 Å². The fraction of sp³-hybridized carbons (Fsp3) is 0.348. The molecule has 3 rings (SSSR count). The summed E-state index contributed by atoms with van der Waals surface area (Å²) < 4.78 is 0. The van der Waals surface area contributed by atoms with Crippen molar-refractivity contribution in [3.8, 4) is 6.07 Å². The number of nitriles is 1. The molecule has 2 N–H and O–H groups in total. The summed E-state index contributed by atoms with van der Waals surface area (Å²) in [4.78, 5) is 24.9. The van der Waals surface area contributed by atoms with Crippen molar-refractivity contribution < 1.29 is 9.59 Å². The molecule has 5 nitrogen and oxygen atoms in total. The zero-order valence-electron chi connectivity index (χ0n) is 16.1. The minimum absolute atomic E-state index is 0.0107. The highest BCUT2D eigenvalue weighted by molar-refractivity contribution is 5.92. The van der Waals surface area contributed by atoms with E-state index in [1.807, 2.05) is 31.2 Å². The van der Waals surface area contributed by atoms with E-state index in [4.69, 9.17) is 5.26 Å². The van der Waals surface area contributed by atoms with Gasteiger partial charge in [0.2, 0.25) is 11.8 Å². The van der Waals surface area contributed by atoms with Crippen LogP contribution in [0.3, 0.4) is 0 Å². The third kappa shape index (κ3) is 4.98. The molecule has 144 valence electrons. The molecule has 1 fully saturated rings. The predicted octanol–water partition coefficient (Wildman–Crippen LogP) is 3.93. The van der Waals surface area contributed by atoms with Crippen LogP contribution in [0.4, 0.5) is 5.69 Å². The van der Waals surface area contributed by atoms with E-state index in [2.05, 4.69) is 16.7 Å².